The molecule has 0 aliphatic carbocycles. The quantitative estimate of drug-likeness (QED) is 0.216. The summed E-state index contributed by atoms with van der Waals surface area (Å²) in [4.78, 5) is 27.2. The lowest BCUT2D eigenvalue weighted by Crippen LogP contribution is -2.49. The van der Waals surface area contributed by atoms with Crippen molar-refractivity contribution in [1.29, 1.82) is 0 Å². The summed E-state index contributed by atoms with van der Waals surface area (Å²) >= 11 is 5.04. The van der Waals surface area contributed by atoms with Gasteiger partial charge in [0.05, 0.1) is 35.1 Å². The highest BCUT2D eigenvalue weighted by atomic mass is 79.9. The summed E-state index contributed by atoms with van der Waals surface area (Å²) in [6.45, 7) is 2.91. The fourth-order valence-corrected chi connectivity index (χ4v) is 6.01. The number of hydrogen-bond acceptors (Lipinski definition) is 6. The van der Waals surface area contributed by atoms with Gasteiger partial charge in [0.25, 0.3) is 0 Å². The Morgan fingerprint density at radius 2 is 1.75 bits per heavy atom. The standard InChI is InChI=1S/C27H24BrN5O2S/c1-35-24-9-5-4-8-23(24)31-12-14-32(15-13-31)25(34)17-36-27-30-20-11-10-18(28)16-19(20)26-29-21-6-2-3-7-22(21)33(26)27/h2-11,16H,12-15,17H2,1H3. The third-order valence-electron chi connectivity index (χ3n) is 6.55. The molecule has 0 unspecified atom stereocenters. The summed E-state index contributed by atoms with van der Waals surface area (Å²) < 4.78 is 8.57. The first kappa shape index (κ1) is 23.1. The number of ether oxygens (including phenoxy) is 1. The van der Waals surface area contributed by atoms with E-state index in [-0.39, 0.29) is 5.91 Å². The number of nitrogens with zero attached hydrogens (tertiary/aromatic N) is 5. The molecule has 1 amide bonds. The molecule has 0 N–H and O–H groups in total. The highest BCUT2D eigenvalue weighted by molar-refractivity contribution is 9.10. The van der Waals surface area contributed by atoms with Gasteiger partial charge in [-0.1, -0.05) is 52.0 Å². The van der Waals surface area contributed by atoms with Crippen LogP contribution in [-0.4, -0.2) is 64.2 Å². The van der Waals surface area contributed by atoms with E-state index in [1.54, 1.807) is 7.11 Å². The van der Waals surface area contributed by atoms with Gasteiger partial charge in [-0.3, -0.25) is 9.20 Å². The fourth-order valence-electron chi connectivity index (χ4n) is 4.74. The predicted molar refractivity (Wildman–Crippen MR) is 148 cm³/mol. The number of imidazole rings is 1. The van der Waals surface area contributed by atoms with E-state index in [1.165, 1.54) is 11.8 Å². The highest BCUT2D eigenvalue weighted by Crippen LogP contribution is 2.31. The molecule has 6 rings (SSSR count). The number of hydrogen-bond donors (Lipinski definition) is 0. The molecule has 36 heavy (non-hydrogen) atoms. The van der Waals surface area contributed by atoms with Gasteiger partial charge in [-0.05, 0) is 42.5 Å². The number of piperazine rings is 1. The van der Waals surface area contributed by atoms with Gasteiger partial charge in [-0.25, -0.2) is 9.97 Å². The van der Waals surface area contributed by atoms with E-state index < -0.39 is 0 Å². The van der Waals surface area contributed by atoms with Crippen LogP contribution in [0.3, 0.4) is 0 Å². The molecule has 2 aromatic heterocycles. The predicted octanol–water partition coefficient (Wildman–Crippen LogP) is 5.25. The summed E-state index contributed by atoms with van der Waals surface area (Å²) in [5.41, 5.74) is 4.68. The molecule has 3 heterocycles. The van der Waals surface area contributed by atoms with Crippen LogP contribution >= 0.6 is 27.7 Å². The van der Waals surface area contributed by atoms with Crippen molar-refractivity contribution in [2.75, 3.05) is 43.9 Å². The molecule has 3 aromatic carbocycles. The molecule has 1 aliphatic heterocycles. The summed E-state index contributed by atoms with van der Waals surface area (Å²) in [5.74, 6) is 1.31. The SMILES string of the molecule is COc1ccccc1N1CCN(C(=O)CSc2nc3ccc(Br)cc3c3nc4ccccc4n23)CC1. The molecule has 1 fully saturated rings. The maximum absolute atomic E-state index is 13.2. The van der Waals surface area contributed by atoms with Crippen LogP contribution in [0.4, 0.5) is 5.69 Å². The van der Waals surface area contributed by atoms with Crippen molar-refractivity contribution in [1.82, 2.24) is 19.3 Å². The third kappa shape index (κ3) is 4.16. The van der Waals surface area contributed by atoms with Crippen LogP contribution in [0.1, 0.15) is 0 Å². The summed E-state index contributed by atoms with van der Waals surface area (Å²) in [5, 5.41) is 1.75. The molecule has 1 saturated heterocycles. The third-order valence-corrected chi connectivity index (χ3v) is 7.97. The topological polar surface area (TPSA) is 63.0 Å². The van der Waals surface area contributed by atoms with Gasteiger partial charge in [0, 0.05) is 36.0 Å². The Morgan fingerprint density at radius 3 is 2.58 bits per heavy atom. The minimum Gasteiger partial charge on any atom is -0.495 e. The van der Waals surface area contributed by atoms with E-state index in [1.807, 2.05) is 65.6 Å². The Kier molecular flexibility index (Phi) is 6.18. The Morgan fingerprint density at radius 1 is 0.972 bits per heavy atom. The van der Waals surface area contributed by atoms with E-state index in [0.29, 0.717) is 18.8 Å². The second kappa shape index (κ2) is 9.63. The average Bonchev–Trinajstić information content (AvgIpc) is 3.32. The maximum Gasteiger partial charge on any atom is 0.233 e. The number of anilines is 1. The minimum atomic E-state index is 0.120. The lowest BCUT2D eigenvalue weighted by atomic mass is 10.2. The second-order valence-electron chi connectivity index (χ2n) is 8.64. The normalized spacial score (nSPS) is 14.2. The highest BCUT2D eigenvalue weighted by Gasteiger charge is 2.24. The first-order valence-corrected chi connectivity index (χ1v) is 13.6. The van der Waals surface area contributed by atoms with Crippen LogP contribution in [0.25, 0.3) is 27.6 Å². The number of halogens is 1. The van der Waals surface area contributed by atoms with E-state index >= 15 is 0 Å². The number of rotatable bonds is 5. The summed E-state index contributed by atoms with van der Waals surface area (Å²) in [6.07, 6.45) is 0. The van der Waals surface area contributed by atoms with Gasteiger partial charge in [-0.2, -0.15) is 0 Å². The number of para-hydroxylation sites is 4. The number of carbonyl (C=O) groups excluding carboxylic acids is 1. The van der Waals surface area contributed by atoms with Crippen molar-refractivity contribution in [2.24, 2.45) is 0 Å². The van der Waals surface area contributed by atoms with Crippen molar-refractivity contribution in [3.05, 3.63) is 71.2 Å². The Bertz CT molecular complexity index is 1600. The van der Waals surface area contributed by atoms with Crippen LogP contribution in [0.15, 0.2) is 76.4 Å². The second-order valence-corrected chi connectivity index (χ2v) is 10.5. The Balaban J connectivity index is 1.23. The van der Waals surface area contributed by atoms with Crippen molar-refractivity contribution >= 4 is 66.9 Å². The van der Waals surface area contributed by atoms with Gasteiger partial charge >= 0.3 is 0 Å². The van der Waals surface area contributed by atoms with E-state index in [0.717, 1.165) is 61.7 Å². The molecule has 0 saturated carbocycles. The zero-order chi connectivity index (χ0) is 24.6. The zero-order valence-electron chi connectivity index (χ0n) is 19.7. The van der Waals surface area contributed by atoms with Gasteiger partial charge in [0.15, 0.2) is 5.16 Å². The number of carbonyl (C=O) groups is 1. The average molecular weight is 562 g/mol. The number of thioether (sulfide) groups is 1. The Hall–Kier alpha value is -3.30. The van der Waals surface area contributed by atoms with Crippen molar-refractivity contribution in [3.63, 3.8) is 0 Å². The first-order valence-electron chi connectivity index (χ1n) is 11.8. The van der Waals surface area contributed by atoms with Crippen molar-refractivity contribution in [3.8, 4) is 5.75 Å². The number of fused-ring (bicyclic) bond motifs is 5. The van der Waals surface area contributed by atoms with Gasteiger partial charge in [-0.15, -0.1) is 0 Å². The van der Waals surface area contributed by atoms with Crippen LogP contribution in [-0.2, 0) is 4.79 Å². The number of aromatic nitrogens is 3. The van der Waals surface area contributed by atoms with Gasteiger partial charge < -0.3 is 14.5 Å². The molecular formula is C27H24BrN5O2S. The lowest BCUT2D eigenvalue weighted by molar-refractivity contribution is -0.128. The molecule has 7 nitrogen and oxygen atoms in total. The number of methoxy groups -OCH3 is 1. The number of amides is 1. The molecule has 0 spiro atoms. The van der Waals surface area contributed by atoms with Crippen molar-refractivity contribution in [2.45, 2.75) is 5.16 Å². The summed E-state index contributed by atoms with van der Waals surface area (Å²) in [7, 11) is 1.69. The fraction of sp³-hybridized carbons (Fsp3) is 0.222. The molecule has 0 radical (unpaired) electrons. The Labute approximate surface area is 221 Å². The van der Waals surface area contributed by atoms with Gasteiger partial charge in [0.1, 0.15) is 11.4 Å². The monoisotopic (exact) mass is 561 g/mol. The van der Waals surface area contributed by atoms with E-state index in [9.17, 15) is 4.79 Å². The van der Waals surface area contributed by atoms with Crippen LogP contribution in [0.5, 0.6) is 5.75 Å². The molecule has 0 atom stereocenters. The molecule has 1 aliphatic rings. The minimum absolute atomic E-state index is 0.120. The molecular weight excluding hydrogens is 538 g/mol. The zero-order valence-corrected chi connectivity index (χ0v) is 22.1. The summed E-state index contributed by atoms with van der Waals surface area (Å²) in [6, 6.07) is 22.1. The molecule has 0 bridgehead atoms. The van der Waals surface area contributed by atoms with Crippen LogP contribution < -0.4 is 9.64 Å². The molecule has 9 heteroatoms. The van der Waals surface area contributed by atoms with E-state index in [2.05, 4.69) is 31.3 Å². The lowest BCUT2D eigenvalue weighted by Gasteiger charge is -2.36. The molecule has 182 valence electrons. The van der Waals surface area contributed by atoms with Crippen LogP contribution in [0, 0.1) is 0 Å². The first-order chi connectivity index (χ1) is 17.6. The molecule has 5 aromatic rings. The maximum atomic E-state index is 13.2. The van der Waals surface area contributed by atoms with Gasteiger partial charge in [0.2, 0.25) is 5.91 Å². The van der Waals surface area contributed by atoms with Crippen molar-refractivity contribution < 1.29 is 9.53 Å². The van der Waals surface area contributed by atoms with E-state index in [4.69, 9.17) is 14.7 Å². The smallest absolute Gasteiger partial charge is 0.233 e. The largest absolute Gasteiger partial charge is 0.495 e. The van der Waals surface area contributed by atoms with Crippen LogP contribution in [0.2, 0.25) is 0 Å². The number of benzene rings is 3.